The van der Waals surface area contributed by atoms with Crippen LogP contribution in [0.3, 0.4) is 0 Å². The minimum Gasteiger partial charge on any atom is -0.397 e. The fraction of sp³-hybridized carbons (Fsp3) is 0.817. The van der Waals surface area contributed by atoms with E-state index in [1.807, 2.05) is 88.5 Å². The molecule has 0 fully saturated rings. The molecule has 0 radical (unpaired) electrons. The number of nitrogens with two attached hydrogens (primary N) is 7. The van der Waals surface area contributed by atoms with Crippen LogP contribution in [0.1, 0.15) is 233 Å². The number of hydrogen-bond acceptors (Lipinski definition) is 23. The van der Waals surface area contributed by atoms with Gasteiger partial charge in [0.05, 0.1) is 0 Å². The second-order valence-corrected chi connectivity index (χ2v) is 13.6. The zero-order valence-electron chi connectivity index (χ0n) is 63.0. The Morgan fingerprint density at radius 1 is 0.229 bits per heavy atom. The summed E-state index contributed by atoms with van der Waals surface area (Å²) in [6.45, 7) is 78.7. The predicted octanol–water partition coefficient (Wildman–Crippen LogP) is 12.7. The van der Waals surface area contributed by atoms with Crippen molar-refractivity contribution in [1.29, 1.82) is 0 Å². The van der Waals surface area contributed by atoms with E-state index in [0.29, 0.717) is 0 Å². The highest BCUT2D eigenvalue weighted by atomic mass is 16.2. The van der Waals surface area contributed by atoms with Crippen LogP contribution in [-0.2, 0) is 52.7 Å². The third-order valence-electron chi connectivity index (χ3n) is 5.72. The van der Waals surface area contributed by atoms with Gasteiger partial charge in [0.2, 0.25) is 0 Å². The molecule has 83 heavy (non-hydrogen) atoms. The molecule has 0 amide bonds. The quantitative estimate of drug-likeness (QED) is 0.113. The summed E-state index contributed by atoms with van der Waals surface area (Å²) in [7, 11) is 10.5. The van der Waals surface area contributed by atoms with Crippen LogP contribution in [0, 0.1) is 41.4 Å². The summed E-state index contributed by atoms with van der Waals surface area (Å²) >= 11 is 0. The predicted molar refractivity (Wildman–Crippen MR) is 387 cm³/mol. The largest absolute Gasteiger partial charge is 0.397 e. The van der Waals surface area contributed by atoms with Gasteiger partial charge in [-0.15, -0.1) is 0 Å². The van der Waals surface area contributed by atoms with Crippen molar-refractivity contribution in [2.24, 2.45) is 81.6 Å². The van der Waals surface area contributed by atoms with E-state index in [1.165, 1.54) is 101 Å². The van der Waals surface area contributed by atoms with Gasteiger partial charge in [-0.05, 0) is 97.7 Å². The molecule has 27 N–H and O–H groups in total. The third-order valence-corrected chi connectivity index (χ3v) is 5.72. The topological polar surface area (TPSA) is 530 Å². The maximum atomic E-state index is 8.00. The second kappa shape index (κ2) is 687. The van der Waals surface area contributed by atoms with E-state index in [2.05, 4.69) is 199 Å². The van der Waals surface area contributed by atoms with E-state index in [9.17, 15) is 0 Å². The van der Waals surface area contributed by atoms with Crippen molar-refractivity contribution in [3.05, 3.63) is 0 Å². The Morgan fingerprint density at radius 2 is 0.241 bits per heavy atom. The molecular formula is C60H175N11O12. The van der Waals surface area contributed by atoms with E-state index in [1.54, 1.807) is 6.92 Å². The summed E-state index contributed by atoms with van der Waals surface area (Å²) in [6, 6.07) is 0. The molecule has 0 saturated carbocycles. The summed E-state index contributed by atoms with van der Waals surface area (Å²) in [5, 5.41) is 7.57. The highest BCUT2D eigenvalue weighted by Crippen LogP contribution is 1.96. The van der Waals surface area contributed by atoms with Crippen molar-refractivity contribution in [1.82, 2.24) is 24.6 Å². The van der Waals surface area contributed by atoms with Crippen LogP contribution < -0.4 is 64.7 Å². The van der Waals surface area contributed by atoms with Crippen molar-refractivity contribution in [3.8, 4) is 0 Å². The third kappa shape index (κ3) is 4590. The van der Waals surface area contributed by atoms with Crippen LogP contribution in [0.25, 0.3) is 0 Å². The molecule has 0 aliphatic rings. The van der Waals surface area contributed by atoms with Crippen LogP contribution >= 0.6 is 0 Å². The number of rotatable bonds is 7. The molecule has 0 rings (SSSR count). The normalized spacial score (nSPS) is 5.59. The molecule has 23 heteroatoms. The molecule has 0 saturated heterocycles. The van der Waals surface area contributed by atoms with E-state index < -0.39 is 0 Å². The maximum absolute atomic E-state index is 8.00. The molecule has 0 spiro atoms. The van der Waals surface area contributed by atoms with Gasteiger partial charge in [0.15, 0.2) is 0 Å². The zero-order chi connectivity index (χ0) is 73.4. The first-order valence-corrected chi connectivity index (χ1v) is 26.5. The fourth-order valence-corrected chi connectivity index (χ4v) is 0. The summed E-state index contributed by atoms with van der Waals surface area (Å²) < 4.78 is 0. The Balaban J connectivity index is -0.0000000105. The smallest absolute Gasteiger partial charge is 0.106 e. The number of aliphatic hydroxyl groups is 1. The summed E-state index contributed by atoms with van der Waals surface area (Å²) in [4.78, 5) is 88.0. The van der Waals surface area contributed by atoms with E-state index in [-0.39, 0.29) is 32.6 Å². The molecule has 0 bridgehead atoms. The van der Waals surface area contributed by atoms with Crippen LogP contribution in [0.5, 0.6) is 0 Å². The van der Waals surface area contributed by atoms with Gasteiger partial charge in [-0.2, -0.15) is 0 Å². The molecule has 0 aromatic heterocycles. The summed E-state index contributed by atoms with van der Waals surface area (Å²) in [5.41, 5.74) is 31.5. The lowest BCUT2D eigenvalue weighted by Gasteiger charge is -1.90. The molecule has 0 atom stereocenters. The summed E-state index contributed by atoms with van der Waals surface area (Å²) in [6.07, 6.45) is 10.4. The number of carbonyl (C=O) groups is 11. The van der Waals surface area contributed by atoms with Gasteiger partial charge in [0.1, 0.15) is 74.7 Å². The van der Waals surface area contributed by atoms with Crippen LogP contribution in [0.4, 0.5) is 0 Å². The molecule has 0 aliphatic carbocycles. The van der Waals surface area contributed by atoms with Crippen LogP contribution in [0.2, 0.25) is 0 Å². The summed E-state index contributed by atoms with van der Waals surface area (Å²) in [5.74, 6) is 6.19. The number of hydrogen-bond donors (Lipinski definition) is 12. The first-order valence-electron chi connectivity index (χ1n) is 26.5. The van der Waals surface area contributed by atoms with Gasteiger partial charge in [-0.3, -0.25) is 0 Å². The van der Waals surface area contributed by atoms with Gasteiger partial charge in [0.25, 0.3) is 0 Å². The average molecular weight is 1240 g/mol. The maximum Gasteiger partial charge on any atom is 0.106 e. The average Bonchev–Trinajstić information content (AvgIpc) is 3.55. The van der Waals surface area contributed by atoms with E-state index in [0.717, 1.165) is 41.4 Å². The first-order chi connectivity index (χ1) is 37.7. The zero-order valence-corrected chi connectivity index (χ0v) is 63.0. The molecule has 0 heterocycles. The van der Waals surface area contributed by atoms with Crippen LogP contribution in [-0.4, -0.2) is 136 Å². The molecule has 0 unspecified atom stereocenters. The van der Waals surface area contributed by atoms with Crippen molar-refractivity contribution in [2.75, 3.05) is 55.9 Å². The minimum absolute atomic E-state index is 0. The van der Waals surface area contributed by atoms with Gasteiger partial charge in [0, 0.05) is 8.03 Å². The lowest BCUT2D eigenvalue weighted by Crippen LogP contribution is -1.77. The van der Waals surface area contributed by atoms with Crippen molar-refractivity contribution in [2.45, 2.75) is 231 Å². The monoisotopic (exact) mass is 1240 g/mol. The Kier molecular flexibility index (Phi) is 1800. The Bertz CT molecular complexity index is 408. The Labute approximate surface area is 525 Å². The number of carbonyl (C=O) groups excluding carboxylic acids is 11. The Hall–Kier alpha value is -4.11. The van der Waals surface area contributed by atoms with Gasteiger partial charge >= 0.3 is 0 Å². The number of aliphatic hydroxyl groups excluding tert-OH is 1. The van der Waals surface area contributed by atoms with Crippen LogP contribution in [0.15, 0.2) is 0 Å². The molecule has 0 aromatic carbocycles. The Morgan fingerprint density at radius 3 is 0.241 bits per heavy atom. The van der Waals surface area contributed by atoms with Crippen molar-refractivity contribution >= 4 is 74.7 Å². The standard InChI is InChI=1S/7C5H12.C3H8.C2H6O.C2H6.7CH5N.11CH2O.4H3N.H2/c7*1-4-5(2)3;1-3-2;1-2-3;19*1-2;;;;;/h7*5H,4H2,1-3H3;3H2,1-2H3;3H,2H2,1H3;1-2H3;7*2H2,1H3;11*1H2;4*1H3;1H. The van der Waals surface area contributed by atoms with E-state index in [4.69, 9.17) is 57.8 Å². The molecular weight excluding hydrogens is 1070 g/mol. The SMILES string of the molecule is C=O.C=O.C=O.C=O.C=O.C=O.C=O.C=O.C=O.C=O.C=O.CC.CCC.CCC(C)C.CCC(C)C.CCC(C)C.CCC(C)C.CCC(C)C.CCC(C)C.CCC(C)C.CCO.CN.CN.CN.CN.CN.CN.CN.N.N.N.N.[HH]. The molecule has 0 aromatic rings. The first kappa shape index (κ1) is 218. The minimum atomic E-state index is 0. The lowest BCUT2D eigenvalue weighted by atomic mass is 10.2. The van der Waals surface area contributed by atoms with Gasteiger partial charge in [-0.25, -0.2) is 0 Å². The molecule has 0 aliphatic heterocycles. The van der Waals surface area contributed by atoms with Gasteiger partial charge in [-0.1, -0.05) is 224 Å². The fourth-order valence-electron chi connectivity index (χ4n) is 0. The lowest BCUT2D eigenvalue weighted by molar-refractivity contribution is -0.0987. The van der Waals surface area contributed by atoms with Gasteiger partial charge < -0.3 is 123 Å². The second-order valence-electron chi connectivity index (χ2n) is 13.6. The molecule has 542 valence electrons. The molecule has 23 nitrogen and oxygen atoms in total. The van der Waals surface area contributed by atoms with E-state index >= 15 is 0 Å². The highest BCUT2D eigenvalue weighted by molar-refractivity contribution is 5.12. The van der Waals surface area contributed by atoms with Crippen molar-refractivity contribution in [3.63, 3.8) is 0 Å². The highest BCUT2D eigenvalue weighted by Gasteiger charge is 1.82. The van der Waals surface area contributed by atoms with Crippen molar-refractivity contribution < 1.29 is 59.3 Å².